The summed E-state index contributed by atoms with van der Waals surface area (Å²) in [5.41, 5.74) is 2.77. The van der Waals surface area contributed by atoms with Gasteiger partial charge >= 0.3 is 0 Å². The molecule has 0 unspecified atom stereocenters. The Morgan fingerprint density at radius 1 is 0.900 bits per heavy atom. The van der Waals surface area contributed by atoms with E-state index in [1.54, 1.807) is 46.2 Å². The van der Waals surface area contributed by atoms with Gasteiger partial charge in [-0.1, -0.05) is 36.4 Å². The van der Waals surface area contributed by atoms with Crippen molar-refractivity contribution in [3.8, 4) is 0 Å². The molecule has 0 bridgehead atoms. The summed E-state index contributed by atoms with van der Waals surface area (Å²) in [6.07, 6.45) is 3.59. The van der Waals surface area contributed by atoms with Crippen LogP contribution in [0.2, 0.25) is 0 Å². The van der Waals surface area contributed by atoms with Gasteiger partial charge in [0.2, 0.25) is 5.91 Å². The first-order valence-electron chi connectivity index (χ1n) is 9.75. The Morgan fingerprint density at radius 3 is 2.33 bits per heavy atom. The molecule has 2 aromatic carbocycles. The van der Waals surface area contributed by atoms with Crippen LogP contribution in [0.1, 0.15) is 49.1 Å². The first-order chi connectivity index (χ1) is 14.4. The Morgan fingerprint density at radius 2 is 1.60 bits per heavy atom. The lowest BCUT2D eigenvalue weighted by Crippen LogP contribution is -2.50. The number of hydrogen-bond acceptors (Lipinski definition) is 4. The molecule has 4 amide bonds. The molecule has 152 valence electrons. The maximum atomic E-state index is 12.8. The molecule has 7 heteroatoms. The van der Waals surface area contributed by atoms with Crippen LogP contribution >= 0.6 is 0 Å². The van der Waals surface area contributed by atoms with E-state index in [1.165, 1.54) is 6.92 Å². The van der Waals surface area contributed by atoms with E-state index in [2.05, 4.69) is 5.32 Å². The van der Waals surface area contributed by atoms with Crippen molar-refractivity contribution in [2.45, 2.75) is 6.92 Å². The fourth-order valence-electron chi connectivity index (χ4n) is 3.75. The summed E-state index contributed by atoms with van der Waals surface area (Å²) < 4.78 is 0. The van der Waals surface area contributed by atoms with Crippen molar-refractivity contribution in [2.24, 2.45) is 0 Å². The van der Waals surface area contributed by atoms with E-state index in [9.17, 15) is 19.2 Å². The molecule has 2 aliphatic rings. The molecule has 2 heterocycles. The third-order valence-electron chi connectivity index (χ3n) is 5.40. The zero-order valence-electron chi connectivity index (χ0n) is 16.6. The second-order valence-electron chi connectivity index (χ2n) is 7.31. The maximum absolute atomic E-state index is 12.8. The van der Waals surface area contributed by atoms with Crippen LogP contribution in [-0.4, -0.2) is 59.6 Å². The number of imide groups is 1. The van der Waals surface area contributed by atoms with Crippen LogP contribution < -0.4 is 5.32 Å². The fourth-order valence-corrected chi connectivity index (χ4v) is 3.75. The number of rotatable bonds is 3. The molecule has 1 N–H and O–H groups in total. The average molecular weight is 403 g/mol. The topological polar surface area (TPSA) is 86.8 Å². The molecule has 30 heavy (non-hydrogen) atoms. The molecule has 0 aromatic heterocycles. The summed E-state index contributed by atoms with van der Waals surface area (Å²) in [6.45, 7) is 3.64. The highest BCUT2D eigenvalue weighted by molar-refractivity contribution is 6.23. The Labute approximate surface area is 174 Å². The maximum Gasteiger partial charge on any atom is 0.259 e. The summed E-state index contributed by atoms with van der Waals surface area (Å²) in [4.78, 5) is 51.7. The summed E-state index contributed by atoms with van der Waals surface area (Å²) in [5.74, 6) is -0.831. The highest BCUT2D eigenvalue weighted by atomic mass is 16.2. The van der Waals surface area contributed by atoms with E-state index in [4.69, 9.17) is 0 Å². The van der Waals surface area contributed by atoms with E-state index >= 15 is 0 Å². The Bertz CT molecular complexity index is 1080. The standard InChI is InChI=1S/C23H21N3O4/c1-15(27)25-10-12-26(13-11-25)23(30)18-6-2-4-16(14-18)8-9-17-5-3-7-19-20(17)22(29)24-21(19)28/h2-9,14H,10-13H2,1H3,(H,24,28,29)/b9-8+. The van der Waals surface area contributed by atoms with Crippen molar-refractivity contribution in [3.05, 3.63) is 70.3 Å². The van der Waals surface area contributed by atoms with Gasteiger partial charge in [-0.3, -0.25) is 24.5 Å². The quantitative estimate of drug-likeness (QED) is 0.628. The van der Waals surface area contributed by atoms with Crippen molar-refractivity contribution in [2.75, 3.05) is 26.2 Å². The number of carbonyl (C=O) groups excluding carboxylic acids is 4. The summed E-state index contributed by atoms with van der Waals surface area (Å²) in [5, 5.41) is 2.30. The van der Waals surface area contributed by atoms with Crippen LogP contribution in [0.5, 0.6) is 0 Å². The third-order valence-corrected chi connectivity index (χ3v) is 5.40. The van der Waals surface area contributed by atoms with Gasteiger partial charge in [-0.2, -0.15) is 0 Å². The number of hydrogen-bond donors (Lipinski definition) is 1. The van der Waals surface area contributed by atoms with Crippen LogP contribution in [0, 0.1) is 0 Å². The van der Waals surface area contributed by atoms with Gasteiger partial charge in [-0.05, 0) is 29.3 Å². The van der Waals surface area contributed by atoms with Gasteiger partial charge in [0.15, 0.2) is 0 Å². The number of nitrogens with zero attached hydrogens (tertiary/aromatic N) is 2. The minimum absolute atomic E-state index is 0.0250. The van der Waals surface area contributed by atoms with Crippen molar-refractivity contribution in [3.63, 3.8) is 0 Å². The average Bonchev–Trinajstić information content (AvgIpc) is 3.06. The molecule has 2 aromatic rings. The predicted octanol–water partition coefficient (Wildman–Crippen LogP) is 2.04. The lowest BCUT2D eigenvalue weighted by atomic mass is 10.0. The first kappa shape index (κ1) is 19.6. The molecular formula is C23H21N3O4. The largest absolute Gasteiger partial charge is 0.339 e. The SMILES string of the molecule is CC(=O)N1CCN(C(=O)c2cccc(/C=C/c3cccc4c3C(=O)NC4=O)c2)CC1. The van der Waals surface area contributed by atoms with Crippen molar-refractivity contribution in [1.82, 2.24) is 15.1 Å². The molecule has 1 saturated heterocycles. The van der Waals surface area contributed by atoms with Gasteiger partial charge in [0.1, 0.15) is 0 Å². The van der Waals surface area contributed by atoms with E-state index in [0.717, 1.165) is 5.56 Å². The van der Waals surface area contributed by atoms with Crippen molar-refractivity contribution < 1.29 is 19.2 Å². The lowest BCUT2D eigenvalue weighted by Gasteiger charge is -2.34. The highest BCUT2D eigenvalue weighted by Crippen LogP contribution is 2.22. The molecule has 1 fully saturated rings. The number of benzene rings is 2. The molecular weight excluding hydrogens is 382 g/mol. The number of nitrogens with one attached hydrogen (secondary N) is 1. The molecule has 7 nitrogen and oxygen atoms in total. The number of fused-ring (bicyclic) bond motifs is 1. The molecule has 2 aliphatic heterocycles. The summed E-state index contributed by atoms with van der Waals surface area (Å²) in [6, 6.07) is 12.4. The Kier molecular flexibility index (Phi) is 5.18. The molecule has 0 saturated carbocycles. The molecule has 0 aliphatic carbocycles. The number of carbonyl (C=O) groups is 4. The third kappa shape index (κ3) is 3.74. The number of amides is 4. The Balaban J connectivity index is 1.51. The van der Waals surface area contributed by atoms with Crippen LogP contribution in [0.15, 0.2) is 42.5 Å². The monoisotopic (exact) mass is 403 g/mol. The second-order valence-corrected chi connectivity index (χ2v) is 7.31. The van der Waals surface area contributed by atoms with Crippen molar-refractivity contribution in [1.29, 1.82) is 0 Å². The smallest absolute Gasteiger partial charge is 0.259 e. The fraction of sp³-hybridized carbons (Fsp3) is 0.217. The summed E-state index contributed by atoms with van der Waals surface area (Å²) >= 11 is 0. The van der Waals surface area contributed by atoms with Gasteiger partial charge in [0.25, 0.3) is 17.7 Å². The van der Waals surface area contributed by atoms with Gasteiger partial charge in [0.05, 0.1) is 11.1 Å². The minimum Gasteiger partial charge on any atom is -0.339 e. The Hall–Kier alpha value is -3.74. The predicted molar refractivity (Wildman–Crippen MR) is 112 cm³/mol. The second kappa shape index (κ2) is 7.94. The van der Waals surface area contributed by atoms with E-state index in [1.807, 2.05) is 18.2 Å². The molecule has 4 rings (SSSR count). The van der Waals surface area contributed by atoms with Gasteiger partial charge in [0, 0.05) is 38.7 Å². The molecule has 0 spiro atoms. The lowest BCUT2D eigenvalue weighted by molar-refractivity contribution is -0.130. The van der Waals surface area contributed by atoms with Crippen molar-refractivity contribution >= 4 is 35.8 Å². The normalized spacial score (nSPS) is 16.0. The molecule has 0 radical (unpaired) electrons. The minimum atomic E-state index is -0.399. The van der Waals surface area contributed by atoms with Gasteiger partial charge in [-0.15, -0.1) is 0 Å². The van der Waals surface area contributed by atoms with Crippen LogP contribution in [0.4, 0.5) is 0 Å². The van der Waals surface area contributed by atoms with Gasteiger partial charge < -0.3 is 9.80 Å². The van der Waals surface area contributed by atoms with E-state index in [0.29, 0.717) is 48.4 Å². The molecule has 0 atom stereocenters. The zero-order chi connectivity index (χ0) is 21.3. The van der Waals surface area contributed by atoms with Crippen LogP contribution in [0.3, 0.4) is 0 Å². The number of piperazine rings is 1. The zero-order valence-corrected chi connectivity index (χ0v) is 16.6. The summed E-state index contributed by atoms with van der Waals surface area (Å²) in [7, 11) is 0. The van der Waals surface area contributed by atoms with E-state index in [-0.39, 0.29) is 17.7 Å². The van der Waals surface area contributed by atoms with Crippen LogP contribution in [-0.2, 0) is 4.79 Å². The van der Waals surface area contributed by atoms with Crippen LogP contribution in [0.25, 0.3) is 12.2 Å². The first-order valence-corrected chi connectivity index (χ1v) is 9.75. The van der Waals surface area contributed by atoms with Gasteiger partial charge in [-0.25, -0.2) is 0 Å². The highest BCUT2D eigenvalue weighted by Gasteiger charge is 2.28. The van der Waals surface area contributed by atoms with E-state index < -0.39 is 5.91 Å².